The summed E-state index contributed by atoms with van der Waals surface area (Å²) in [5.74, 6) is 1.57. The molecule has 0 aliphatic carbocycles. The molecule has 0 aliphatic heterocycles. The highest BCUT2D eigenvalue weighted by molar-refractivity contribution is 5.72. The first kappa shape index (κ1) is 13.9. The number of para-hydroxylation sites is 1. The van der Waals surface area contributed by atoms with E-state index in [1.807, 2.05) is 54.6 Å². The monoisotopic (exact) mass is 270 g/mol. The summed E-state index contributed by atoms with van der Waals surface area (Å²) in [7, 11) is 0. The predicted molar refractivity (Wildman–Crippen MR) is 80.1 cm³/mol. The van der Waals surface area contributed by atoms with Gasteiger partial charge in [0.25, 0.3) is 0 Å². The number of anilines is 1. The Hall–Kier alpha value is -2.49. The maximum absolute atomic E-state index is 10.8. The third-order valence-electron chi connectivity index (χ3n) is 2.64. The number of benzene rings is 2. The van der Waals surface area contributed by atoms with Crippen molar-refractivity contribution in [3.05, 3.63) is 54.6 Å². The molecule has 0 heterocycles. The molecule has 104 valence electrons. The summed E-state index contributed by atoms with van der Waals surface area (Å²) in [6.07, 6.45) is 0. The molecule has 4 nitrogen and oxygen atoms in total. The first-order chi connectivity index (χ1) is 9.74. The smallest absolute Gasteiger partial charge is 0.216 e. The summed E-state index contributed by atoms with van der Waals surface area (Å²) in [6, 6.07) is 17.4. The fraction of sp³-hybridized carbons (Fsp3) is 0.188. The molecule has 2 aromatic carbocycles. The molecule has 0 saturated carbocycles. The lowest BCUT2D eigenvalue weighted by molar-refractivity contribution is -0.118. The SMILES string of the molecule is CC(=O)NCCNc1cccc(Oc2ccccc2)c1. The summed E-state index contributed by atoms with van der Waals surface area (Å²) < 4.78 is 5.75. The molecule has 0 fully saturated rings. The molecule has 0 spiro atoms. The minimum absolute atomic E-state index is 0.0204. The topological polar surface area (TPSA) is 50.4 Å². The summed E-state index contributed by atoms with van der Waals surface area (Å²) in [5.41, 5.74) is 0.962. The molecule has 0 atom stereocenters. The normalized spacial score (nSPS) is 9.85. The summed E-state index contributed by atoms with van der Waals surface area (Å²) in [6.45, 7) is 2.78. The number of carbonyl (C=O) groups excluding carboxylic acids is 1. The first-order valence-corrected chi connectivity index (χ1v) is 6.55. The number of hydrogen-bond acceptors (Lipinski definition) is 3. The Balaban J connectivity index is 1.89. The van der Waals surface area contributed by atoms with E-state index in [1.54, 1.807) is 0 Å². The molecule has 1 amide bonds. The van der Waals surface area contributed by atoms with Gasteiger partial charge in [-0.3, -0.25) is 4.79 Å². The number of amides is 1. The Morgan fingerprint density at radius 1 is 1.00 bits per heavy atom. The minimum atomic E-state index is -0.0204. The second kappa shape index (κ2) is 7.19. The molecule has 4 heteroatoms. The van der Waals surface area contributed by atoms with Crippen molar-refractivity contribution in [2.24, 2.45) is 0 Å². The van der Waals surface area contributed by atoms with Crippen LogP contribution in [-0.2, 0) is 4.79 Å². The second-order valence-corrected chi connectivity index (χ2v) is 4.35. The van der Waals surface area contributed by atoms with E-state index in [-0.39, 0.29) is 5.91 Å². The van der Waals surface area contributed by atoms with Gasteiger partial charge in [0.2, 0.25) is 5.91 Å². The quantitative estimate of drug-likeness (QED) is 0.793. The number of hydrogen-bond donors (Lipinski definition) is 2. The van der Waals surface area contributed by atoms with Gasteiger partial charge in [0, 0.05) is 31.8 Å². The Bertz CT molecular complexity index is 555. The number of nitrogens with one attached hydrogen (secondary N) is 2. The van der Waals surface area contributed by atoms with E-state index in [0.29, 0.717) is 13.1 Å². The van der Waals surface area contributed by atoms with Gasteiger partial charge in [-0.1, -0.05) is 24.3 Å². The van der Waals surface area contributed by atoms with E-state index < -0.39 is 0 Å². The van der Waals surface area contributed by atoms with Crippen LogP contribution in [0.25, 0.3) is 0 Å². The average molecular weight is 270 g/mol. The molecule has 0 aliphatic rings. The van der Waals surface area contributed by atoms with Gasteiger partial charge in [0.1, 0.15) is 11.5 Å². The van der Waals surface area contributed by atoms with Crippen LogP contribution in [0.5, 0.6) is 11.5 Å². The van der Waals surface area contributed by atoms with Crippen molar-refractivity contribution in [2.45, 2.75) is 6.92 Å². The highest BCUT2D eigenvalue weighted by atomic mass is 16.5. The van der Waals surface area contributed by atoms with Crippen LogP contribution in [-0.4, -0.2) is 19.0 Å². The van der Waals surface area contributed by atoms with Crippen LogP contribution in [0.2, 0.25) is 0 Å². The zero-order valence-corrected chi connectivity index (χ0v) is 11.4. The Labute approximate surface area is 118 Å². The Kier molecular flexibility index (Phi) is 5.00. The van der Waals surface area contributed by atoms with Crippen LogP contribution in [0, 0.1) is 0 Å². The zero-order valence-electron chi connectivity index (χ0n) is 11.4. The Morgan fingerprint density at radius 3 is 2.50 bits per heavy atom. The number of ether oxygens (including phenoxy) is 1. The van der Waals surface area contributed by atoms with Crippen molar-refractivity contribution < 1.29 is 9.53 Å². The van der Waals surface area contributed by atoms with Gasteiger partial charge in [-0.05, 0) is 24.3 Å². The fourth-order valence-electron chi connectivity index (χ4n) is 1.74. The highest BCUT2D eigenvalue weighted by Crippen LogP contribution is 2.23. The average Bonchev–Trinajstić information content (AvgIpc) is 2.45. The van der Waals surface area contributed by atoms with E-state index in [9.17, 15) is 4.79 Å². The van der Waals surface area contributed by atoms with Crippen LogP contribution in [0.4, 0.5) is 5.69 Å². The number of carbonyl (C=O) groups is 1. The lowest BCUT2D eigenvalue weighted by atomic mass is 10.3. The van der Waals surface area contributed by atoms with Crippen molar-refractivity contribution in [1.82, 2.24) is 5.32 Å². The second-order valence-electron chi connectivity index (χ2n) is 4.35. The molecule has 0 radical (unpaired) electrons. The van der Waals surface area contributed by atoms with Crippen molar-refractivity contribution in [2.75, 3.05) is 18.4 Å². The van der Waals surface area contributed by atoms with E-state index >= 15 is 0 Å². The lowest BCUT2D eigenvalue weighted by Gasteiger charge is -2.09. The standard InChI is InChI=1S/C16H18N2O2/c1-13(19)17-10-11-18-14-6-5-9-16(12-14)20-15-7-3-2-4-8-15/h2-9,12,18H,10-11H2,1H3,(H,17,19). The van der Waals surface area contributed by atoms with Gasteiger partial charge in [-0.15, -0.1) is 0 Å². The summed E-state index contributed by atoms with van der Waals surface area (Å²) in [4.78, 5) is 10.8. The number of rotatable bonds is 6. The van der Waals surface area contributed by atoms with E-state index in [0.717, 1.165) is 17.2 Å². The van der Waals surface area contributed by atoms with Crippen LogP contribution < -0.4 is 15.4 Å². The van der Waals surface area contributed by atoms with E-state index in [2.05, 4.69) is 10.6 Å². The predicted octanol–water partition coefficient (Wildman–Crippen LogP) is 3.03. The van der Waals surface area contributed by atoms with Crippen LogP contribution >= 0.6 is 0 Å². The molecule has 0 bridgehead atoms. The molecule has 0 aromatic heterocycles. The van der Waals surface area contributed by atoms with Gasteiger partial charge in [0.15, 0.2) is 0 Å². The molecular formula is C16H18N2O2. The van der Waals surface area contributed by atoms with Gasteiger partial charge in [0.05, 0.1) is 0 Å². The third kappa shape index (κ3) is 4.65. The van der Waals surface area contributed by atoms with Crippen LogP contribution in [0.15, 0.2) is 54.6 Å². The lowest BCUT2D eigenvalue weighted by Crippen LogP contribution is -2.26. The van der Waals surface area contributed by atoms with Crippen molar-refractivity contribution in [1.29, 1.82) is 0 Å². The fourth-order valence-corrected chi connectivity index (χ4v) is 1.74. The van der Waals surface area contributed by atoms with Gasteiger partial charge < -0.3 is 15.4 Å². The molecule has 2 rings (SSSR count). The molecule has 0 saturated heterocycles. The van der Waals surface area contributed by atoms with Gasteiger partial charge in [-0.25, -0.2) is 0 Å². The highest BCUT2D eigenvalue weighted by Gasteiger charge is 1.98. The van der Waals surface area contributed by atoms with Crippen molar-refractivity contribution in [3.8, 4) is 11.5 Å². The Morgan fingerprint density at radius 2 is 1.75 bits per heavy atom. The zero-order chi connectivity index (χ0) is 14.2. The van der Waals surface area contributed by atoms with Gasteiger partial charge >= 0.3 is 0 Å². The van der Waals surface area contributed by atoms with Crippen LogP contribution in [0.1, 0.15) is 6.92 Å². The summed E-state index contributed by atoms with van der Waals surface area (Å²) in [5, 5.41) is 5.97. The van der Waals surface area contributed by atoms with E-state index in [4.69, 9.17) is 4.74 Å². The van der Waals surface area contributed by atoms with E-state index in [1.165, 1.54) is 6.92 Å². The van der Waals surface area contributed by atoms with Crippen LogP contribution in [0.3, 0.4) is 0 Å². The molecule has 0 unspecified atom stereocenters. The summed E-state index contributed by atoms with van der Waals surface area (Å²) >= 11 is 0. The largest absolute Gasteiger partial charge is 0.457 e. The maximum Gasteiger partial charge on any atom is 0.216 e. The molecule has 20 heavy (non-hydrogen) atoms. The first-order valence-electron chi connectivity index (χ1n) is 6.55. The molecular weight excluding hydrogens is 252 g/mol. The molecule has 2 aromatic rings. The maximum atomic E-state index is 10.8. The van der Waals surface area contributed by atoms with Crippen molar-refractivity contribution >= 4 is 11.6 Å². The van der Waals surface area contributed by atoms with Gasteiger partial charge in [-0.2, -0.15) is 0 Å². The molecule has 2 N–H and O–H groups in total. The third-order valence-corrected chi connectivity index (χ3v) is 2.64. The van der Waals surface area contributed by atoms with Crippen molar-refractivity contribution in [3.63, 3.8) is 0 Å². The minimum Gasteiger partial charge on any atom is -0.457 e.